The molecule has 0 saturated heterocycles. The highest BCUT2D eigenvalue weighted by Gasteiger charge is 2.24. The summed E-state index contributed by atoms with van der Waals surface area (Å²) in [7, 11) is 0. The van der Waals surface area contributed by atoms with Gasteiger partial charge < -0.3 is 0 Å². The van der Waals surface area contributed by atoms with Crippen molar-refractivity contribution < 1.29 is 0 Å². The highest BCUT2D eigenvalue weighted by molar-refractivity contribution is 7.26. The van der Waals surface area contributed by atoms with Gasteiger partial charge in [-0.15, -0.1) is 11.3 Å². The lowest BCUT2D eigenvalue weighted by Gasteiger charge is -2.19. The SMILES string of the molecule is c1ccc(-c2nc(-c3ccccc3)c(-c3cc(-c4cc5ccccc5c5ccccc45)cc4sc5ccccc5c34)c(-c3ccccc3)n2)cc1. The first-order valence-corrected chi connectivity index (χ1v) is 18.1. The Morgan fingerprint density at radius 2 is 0.882 bits per heavy atom. The normalized spacial score (nSPS) is 11.5. The molecule has 51 heavy (non-hydrogen) atoms. The van der Waals surface area contributed by atoms with Crippen molar-refractivity contribution in [2.24, 2.45) is 0 Å². The molecule has 0 radical (unpaired) electrons. The third-order valence-corrected chi connectivity index (χ3v) is 11.0. The molecule has 0 bridgehead atoms. The molecule has 2 nitrogen and oxygen atoms in total. The maximum atomic E-state index is 5.43. The summed E-state index contributed by atoms with van der Waals surface area (Å²) in [4.78, 5) is 10.9. The minimum Gasteiger partial charge on any atom is -0.227 e. The number of nitrogens with zero attached hydrogens (tertiary/aromatic N) is 2. The Hall–Kier alpha value is -6.42. The van der Waals surface area contributed by atoms with Crippen LogP contribution in [0, 0.1) is 0 Å². The number of benzene rings is 8. The Labute approximate surface area is 300 Å². The fourth-order valence-electron chi connectivity index (χ4n) is 7.54. The van der Waals surface area contributed by atoms with E-state index in [1.807, 2.05) is 17.4 Å². The zero-order chi connectivity index (χ0) is 33.7. The van der Waals surface area contributed by atoms with E-state index in [9.17, 15) is 0 Å². The summed E-state index contributed by atoms with van der Waals surface area (Å²) in [5, 5.41) is 7.47. The molecule has 0 fully saturated rings. The van der Waals surface area contributed by atoms with Crippen molar-refractivity contribution >= 4 is 53.1 Å². The predicted molar refractivity (Wildman–Crippen MR) is 217 cm³/mol. The molecule has 0 aliphatic heterocycles. The Balaban J connectivity index is 1.38. The predicted octanol–water partition coefficient (Wildman–Crippen LogP) is 13.5. The highest BCUT2D eigenvalue weighted by Crippen LogP contribution is 2.49. The molecule has 2 aromatic heterocycles. The molecule has 0 spiro atoms. The summed E-state index contributed by atoms with van der Waals surface area (Å²) in [5.74, 6) is 0.708. The summed E-state index contributed by atoms with van der Waals surface area (Å²) in [5.41, 5.74) is 9.49. The largest absolute Gasteiger partial charge is 0.227 e. The van der Waals surface area contributed by atoms with Gasteiger partial charge in [0, 0.05) is 42.4 Å². The van der Waals surface area contributed by atoms with E-state index in [-0.39, 0.29) is 0 Å². The van der Waals surface area contributed by atoms with Gasteiger partial charge in [-0.2, -0.15) is 0 Å². The van der Waals surface area contributed by atoms with Gasteiger partial charge in [0.15, 0.2) is 5.82 Å². The van der Waals surface area contributed by atoms with E-state index in [1.165, 1.54) is 52.8 Å². The molecule has 10 aromatic rings. The lowest BCUT2D eigenvalue weighted by Crippen LogP contribution is -2.01. The number of thiophene rings is 1. The van der Waals surface area contributed by atoms with Crippen LogP contribution >= 0.6 is 11.3 Å². The van der Waals surface area contributed by atoms with E-state index in [4.69, 9.17) is 9.97 Å². The average Bonchev–Trinajstić information content (AvgIpc) is 3.59. The maximum absolute atomic E-state index is 5.43. The first-order chi connectivity index (χ1) is 25.3. The third kappa shape index (κ3) is 5.01. The van der Waals surface area contributed by atoms with Gasteiger partial charge >= 0.3 is 0 Å². The van der Waals surface area contributed by atoms with E-state index in [0.717, 1.165) is 39.2 Å². The Bertz CT molecular complexity index is 2830. The molecule has 8 aromatic carbocycles. The minimum absolute atomic E-state index is 0.708. The van der Waals surface area contributed by atoms with Crippen molar-refractivity contribution in [1.29, 1.82) is 0 Å². The summed E-state index contributed by atoms with van der Waals surface area (Å²) in [6, 6.07) is 64.9. The van der Waals surface area contributed by atoms with Gasteiger partial charge in [0.25, 0.3) is 0 Å². The molecule has 10 rings (SSSR count). The summed E-state index contributed by atoms with van der Waals surface area (Å²) in [6.45, 7) is 0. The zero-order valence-electron chi connectivity index (χ0n) is 27.6. The Morgan fingerprint density at radius 1 is 0.353 bits per heavy atom. The lowest BCUT2D eigenvalue weighted by atomic mass is 9.87. The van der Waals surface area contributed by atoms with Crippen LogP contribution in [0.25, 0.3) is 97.9 Å². The quantitative estimate of drug-likeness (QED) is 0.171. The zero-order valence-corrected chi connectivity index (χ0v) is 28.4. The molecule has 0 unspecified atom stereocenters. The highest BCUT2D eigenvalue weighted by atomic mass is 32.1. The maximum Gasteiger partial charge on any atom is 0.160 e. The van der Waals surface area contributed by atoms with Crippen LogP contribution in [0.4, 0.5) is 0 Å². The van der Waals surface area contributed by atoms with Gasteiger partial charge in [0.1, 0.15) is 0 Å². The summed E-state index contributed by atoms with van der Waals surface area (Å²) < 4.78 is 2.50. The molecule has 3 heteroatoms. The third-order valence-electron chi connectivity index (χ3n) is 9.86. The lowest BCUT2D eigenvalue weighted by molar-refractivity contribution is 1.19. The fourth-order valence-corrected chi connectivity index (χ4v) is 8.71. The van der Waals surface area contributed by atoms with Crippen molar-refractivity contribution in [3.8, 4) is 56.2 Å². The van der Waals surface area contributed by atoms with E-state index < -0.39 is 0 Å². The van der Waals surface area contributed by atoms with E-state index in [0.29, 0.717) is 5.82 Å². The summed E-state index contributed by atoms with van der Waals surface area (Å²) >= 11 is 1.85. The van der Waals surface area contributed by atoms with Crippen LogP contribution in [0.2, 0.25) is 0 Å². The van der Waals surface area contributed by atoms with E-state index in [1.54, 1.807) is 0 Å². The van der Waals surface area contributed by atoms with Crippen LogP contribution in [0.1, 0.15) is 0 Å². The molecular formula is C48H30N2S. The van der Waals surface area contributed by atoms with Crippen LogP contribution in [-0.4, -0.2) is 9.97 Å². The van der Waals surface area contributed by atoms with Gasteiger partial charge in [-0.25, -0.2) is 9.97 Å². The van der Waals surface area contributed by atoms with Crippen LogP contribution in [-0.2, 0) is 0 Å². The molecule has 0 aliphatic carbocycles. The van der Waals surface area contributed by atoms with Crippen molar-refractivity contribution in [2.45, 2.75) is 0 Å². The van der Waals surface area contributed by atoms with Crippen molar-refractivity contribution in [2.75, 3.05) is 0 Å². The van der Waals surface area contributed by atoms with Crippen LogP contribution in [0.5, 0.6) is 0 Å². The average molecular weight is 667 g/mol. The number of fused-ring (bicyclic) bond motifs is 6. The molecule has 0 amide bonds. The first kappa shape index (κ1) is 29.5. The fraction of sp³-hybridized carbons (Fsp3) is 0. The van der Waals surface area contributed by atoms with Crippen molar-refractivity contribution in [3.63, 3.8) is 0 Å². The van der Waals surface area contributed by atoms with Crippen molar-refractivity contribution in [1.82, 2.24) is 9.97 Å². The Morgan fingerprint density at radius 3 is 1.55 bits per heavy atom. The van der Waals surface area contributed by atoms with Crippen LogP contribution in [0.15, 0.2) is 182 Å². The van der Waals surface area contributed by atoms with E-state index in [2.05, 4.69) is 176 Å². The first-order valence-electron chi connectivity index (χ1n) is 17.2. The van der Waals surface area contributed by atoms with Crippen LogP contribution < -0.4 is 0 Å². The Kier molecular flexibility index (Phi) is 7.04. The minimum atomic E-state index is 0.708. The smallest absolute Gasteiger partial charge is 0.160 e. The number of aromatic nitrogens is 2. The van der Waals surface area contributed by atoms with Gasteiger partial charge in [-0.3, -0.25) is 0 Å². The molecule has 0 aliphatic rings. The number of hydrogen-bond donors (Lipinski definition) is 0. The second kappa shape index (κ2) is 12.2. The summed E-state index contributed by atoms with van der Waals surface area (Å²) in [6.07, 6.45) is 0. The second-order valence-corrected chi connectivity index (χ2v) is 14.0. The van der Waals surface area contributed by atoms with E-state index >= 15 is 0 Å². The van der Waals surface area contributed by atoms with Crippen LogP contribution in [0.3, 0.4) is 0 Å². The van der Waals surface area contributed by atoms with Crippen molar-refractivity contribution in [3.05, 3.63) is 182 Å². The van der Waals surface area contributed by atoms with Gasteiger partial charge in [-0.05, 0) is 62.5 Å². The monoisotopic (exact) mass is 666 g/mol. The topological polar surface area (TPSA) is 25.8 Å². The molecule has 0 atom stereocenters. The molecular weight excluding hydrogens is 637 g/mol. The van der Waals surface area contributed by atoms with Gasteiger partial charge in [0.2, 0.25) is 0 Å². The standard InChI is InChI=1S/C48H30N2S/c1-4-16-31(17-5-1)46-45(47(32-18-6-2-7-19-32)50-48(49-46)33-20-8-3-9-21-33)41-29-35(30-43-44(41)39-26-14-15-27-42(39)51-43)40-28-34-22-10-11-23-36(34)37-24-12-13-25-38(37)40/h1-30H. The molecule has 0 saturated carbocycles. The number of rotatable bonds is 5. The van der Waals surface area contributed by atoms with Gasteiger partial charge in [-0.1, -0.05) is 158 Å². The van der Waals surface area contributed by atoms with Gasteiger partial charge in [0.05, 0.1) is 11.4 Å². The number of hydrogen-bond acceptors (Lipinski definition) is 3. The molecule has 0 N–H and O–H groups in total. The second-order valence-electron chi connectivity index (χ2n) is 12.9. The molecule has 238 valence electrons. The molecule has 2 heterocycles.